The summed E-state index contributed by atoms with van der Waals surface area (Å²) in [5, 5.41) is 0. The molecule has 1 aliphatic rings. The second kappa shape index (κ2) is 8.21. The fourth-order valence-corrected chi connectivity index (χ4v) is 3.37. The molecule has 2 aromatic rings. The van der Waals surface area contributed by atoms with Gasteiger partial charge in [-0.1, -0.05) is 24.3 Å². The molecular formula is C21H23NO6. The zero-order valence-corrected chi connectivity index (χ0v) is 16.2. The number of carbonyl (C=O) groups is 2. The van der Waals surface area contributed by atoms with Crippen molar-refractivity contribution in [3.63, 3.8) is 0 Å². The zero-order chi connectivity index (χ0) is 20.3. The first-order valence-corrected chi connectivity index (χ1v) is 8.84. The Morgan fingerprint density at radius 2 is 1.50 bits per heavy atom. The summed E-state index contributed by atoms with van der Waals surface area (Å²) >= 11 is 0. The first kappa shape index (κ1) is 19.5. The number of ether oxygens (including phenoxy) is 4. The Kier molecular flexibility index (Phi) is 5.73. The number of benzene rings is 2. The Morgan fingerprint density at radius 1 is 0.964 bits per heavy atom. The first-order chi connectivity index (χ1) is 13.5. The van der Waals surface area contributed by atoms with Gasteiger partial charge in [0.1, 0.15) is 17.5 Å². The normalized spacial score (nSPS) is 19.7. The van der Waals surface area contributed by atoms with E-state index in [4.69, 9.17) is 18.9 Å². The van der Waals surface area contributed by atoms with Crippen LogP contribution in [-0.4, -0.2) is 44.4 Å². The van der Waals surface area contributed by atoms with Crippen molar-refractivity contribution in [3.8, 4) is 11.5 Å². The van der Waals surface area contributed by atoms with Crippen molar-refractivity contribution in [1.29, 1.82) is 0 Å². The van der Waals surface area contributed by atoms with E-state index in [1.54, 1.807) is 31.3 Å². The lowest BCUT2D eigenvalue weighted by molar-refractivity contribution is -0.150. The van der Waals surface area contributed by atoms with E-state index in [0.29, 0.717) is 5.75 Å². The molecule has 1 fully saturated rings. The van der Waals surface area contributed by atoms with Gasteiger partial charge >= 0.3 is 12.1 Å². The van der Waals surface area contributed by atoms with Gasteiger partial charge < -0.3 is 18.9 Å². The largest absolute Gasteiger partial charge is 0.497 e. The van der Waals surface area contributed by atoms with Crippen molar-refractivity contribution in [2.75, 3.05) is 21.3 Å². The zero-order valence-electron chi connectivity index (χ0n) is 16.2. The predicted molar refractivity (Wildman–Crippen MR) is 101 cm³/mol. The summed E-state index contributed by atoms with van der Waals surface area (Å²) in [5.74, 6) is 0.802. The van der Waals surface area contributed by atoms with Crippen LogP contribution in [0.1, 0.15) is 30.1 Å². The number of nitrogens with zero attached hydrogens (tertiary/aromatic N) is 1. The Balaban J connectivity index is 1.99. The Bertz CT molecular complexity index is 833. The Hall–Kier alpha value is -3.22. The fourth-order valence-electron chi connectivity index (χ4n) is 3.37. The van der Waals surface area contributed by atoms with Crippen molar-refractivity contribution < 1.29 is 28.5 Å². The van der Waals surface area contributed by atoms with Crippen molar-refractivity contribution in [3.05, 3.63) is 59.7 Å². The van der Waals surface area contributed by atoms with Gasteiger partial charge in [0.05, 0.1) is 27.4 Å². The van der Waals surface area contributed by atoms with Crippen molar-refractivity contribution in [2.24, 2.45) is 0 Å². The van der Waals surface area contributed by atoms with Crippen LogP contribution >= 0.6 is 0 Å². The molecule has 0 radical (unpaired) electrons. The minimum absolute atomic E-state index is 0.333. The number of carbonyl (C=O) groups excluding carboxylic acids is 2. The molecule has 0 bridgehead atoms. The summed E-state index contributed by atoms with van der Waals surface area (Å²) in [7, 11) is 4.44. The van der Waals surface area contributed by atoms with Gasteiger partial charge in [-0.25, -0.2) is 9.59 Å². The van der Waals surface area contributed by atoms with Crippen LogP contribution in [0.4, 0.5) is 4.79 Å². The third kappa shape index (κ3) is 3.60. The summed E-state index contributed by atoms with van der Waals surface area (Å²) < 4.78 is 20.6. The highest BCUT2D eigenvalue weighted by atomic mass is 16.6. The number of rotatable bonds is 6. The number of methoxy groups -OCH3 is 3. The molecule has 148 valence electrons. The molecule has 0 saturated carbocycles. The SMILES string of the molecule is COC(=O)[C@H]1OC(=O)N([C@H](C)c2ccc(OC)cc2)[C@@H]1c1ccc(OC)cc1. The smallest absolute Gasteiger partial charge is 0.411 e. The summed E-state index contributed by atoms with van der Waals surface area (Å²) in [5.41, 5.74) is 1.64. The monoisotopic (exact) mass is 385 g/mol. The molecule has 1 aliphatic heterocycles. The van der Waals surface area contributed by atoms with Gasteiger partial charge in [-0.15, -0.1) is 0 Å². The van der Waals surface area contributed by atoms with Crippen LogP contribution in [0.3, 0.4) is 0 Å². The molecule has 3 atom stereocenters. The highest BCUT2D eigenvalue weighted by Crippen LogP contribution is 2.40. The van der Waals surface area contributed by atoms with Gasteiger partial charge in [-0.3, -0.25) is 4.90 Å². The summed E-state index contributed by atoms with van der Waals surface area (Å²) in [4.78, 5) is 26.5. The van der Waals surface area contributed by atoms with E-state index >= 15 is 0 Å². The molecule has 7 nitrogen and oxygen atoms in total. The van der Waals surface area contributed by atoms with E-state index in [9.17, 15) is 9.59 Å². The molecule has 0 N–H and O–H groups in total. The molecule has 0 aliphatic carbocycles. The highest BCUT2D eigenvalue weighted by molar-refractivity contribution is 5.84. The number of amides is 1. The molecule has 1 heterocycles. The van der Waals surface area contributed by atoms with Crippen LogP contribution in [-0.2, 0) is 14.3 Å². The van der Waals surface area contributed by atoms with Crippen LogP contribution in [0.25, 0.3) is 0 Å². The van der Waals surface area contributed by atoms with E-state index in [-0.39, 0.29) is 6.04 Å². The molecule has 1 saturated heterocycles. The third-order valence-electron chi connectivity index (χ3n) is 4.93. The van der Waals surface area contributed by atoms with Crippen molar-refractivity contribution in [1.82, 2.24) is 4.90 Å². The second-order valence-corrected chi connectivity index (χ2v) is 6.40. The van der Waals surface area contributed by atoms with Crippen LogP contribution in [0, 0.1) is 0 Å². The number of hydrogen-bond donors (Lipinski definition) is 0. The topological polar surface area (TPSA) is 74.3 Å². The van der Waals surface area contributed by atoms with Gasteiger partial charge in [0.25, 0.3) is 0 Å². The van der Waals surface area contributed by atoms with Crippen molar-refractivity contribution >= 4 is 12.1 Å². The number of esters is 1. The lowest BCUT2D eigenvalue weighted by Gasteiger charge is -2.30. The van der Waals surface area contributed by atoms with Crippen LogP contribution in [0.2, 0.25) is 0 Å². The number of cyclic esters (lactones) is 1. The van der Waals surface area contributed by atoms with Crippen LogP contribution < -0.4 is 9.47 Å². The van der Waals surface area contributed by atoms with Gasteiger partial charge in [0.2, 0.25) is 6.10 Å². The van der Waals surface area contributed by atoms with E-state index in [1.165, 1.54) is 7.11 Å². The van der Waals surface area contributed by atoms with E-state index in [1.807, 2.05) is 43.3 Å². The van der Waals surface area contributed by atoms with Gasteiger partial charge in [0.15, 0.2) is 0 Å². The summed E-state index contributed by atoms with van der Waals surface area (Å²) in [6.45, 7) is 1.89. The van der Waals surface area contributed by atoms with Crippen LogP contribution in [0.5, 0.6) is 11.5 Å². The molecule has 0 unspecified atom stereocenters. The maximum Gasteiger partial charge on any atom is 0.411 e. The second-order valence-electron chi connectivity index (χ2n) is 6.40. The molecule has 0 spiro atoms. The highest BCUT2D eigenvalue weighted by Gasteiger charge is 2.49. The molecule has 28 heavy (non-hydrogen) atoms. The maximum atomic E-state index is 12.7. The molecule has 2 aromatic carbocycles. The van der Waals surface area contributed by atoms with Gasteiger partial charge in [0, 0.05) is 0 Å². The van der Waals surface area contributed by atoms with E-state index < -0.39 is 24.2 Å². The lowest BCUT2D eigenvalue weighted by Crippen LogP contribution is -2.35. The Labute approximate surface area is 163 Å². The standard InChI is InChI=1S/C21H23NO6/c1-13(14-5-9-16(25-2)10-6-14)22-18(15-7-11-17(26-3)12-8-15)19(20(23)27-4)28-21(22)24/h5-13,18-19H,1-4H3/t13-,18-,19+/m1/s1. The quantitative estimate of drug-likeness (QED) is 0.709. The Morgan fingerprint density at radius 3 is 2.00 bits per heavy atom. The van der Waals surface area contributed by atoms with Crippen LogP contribution in [0.15, 0.2) is 48.5 Å². The first-order valence-electron chi connectivity index (χ1n) is 8.84. The number of hydrogen-bond acceptors (Lipinski definition) is 6. The average molecular weight is 385 g/mol. The minimum atomic E-state index is -1.05. The van der Waals surface area contributed by atoms with Crippen molar-refractivity contribution in [2.45, 2.75) is 25.1 Å². The summed E-state index contributed by atoms with van der Waals surface area (Å²) in [6.07, 6.45) is -1.62. The minimum Gasteiger partial charge on any atom is -0.497 e. The molecule has 3 rings (SSSR count). The lowest BCUT2D eigenvalue weighted by atomic mass is 9.97. The molecule has 1 amide bonds. The molecule has 0 aromatic heterocycles. The maximum absolute atomic E-state index is 12.7. The molecule has 7 heteroatoms. The fraction of sp³-hybridized carbons (Fsp3) is 0.333. The predicted octanol–water partition coefficient (Wildman–Crippen LogP) is 3.50. The van der Waals surface area contributed by atoms with E-state index in [0.717, 1.165) is 16.9 Å². The van der Waals surface area contributed by atoms with Gasteiger partial charge in [-0.05, 0) is 42.3 Å². The summed E-state index contributed by atoms with van der Waals surface area (Å²) in [6, 6.07) is 13.7. The molecular weight excluding hydrogens is 362 g/mol. The van der Waals surface area contributed by atoms with E-state index in [2.05, 4.69) is 0 Å². The third-order valence-corrected chi connectivity index (χ3v) is 4.93. The van der Waals surface area contributed by atoms with Gasteiger partial charge in [-0.2, -0.15) is 0 Å². The average Bonchev–Trinajstić information content (AvgIpc) is 3.09.